The van der Waals surface area contributed by atoms with Crippen molar-refractivity contribution in [3.05, 3.63) is 31.9 Å². The van der Waals surface area contributed by atoms with E-state index in [2.05, 4.69) is 38.5 Å². The molecule has 1 aromatic rings. The Morgan fingerprint density at radius 3 is 2.77 bits per heavy atom. The number of carbonyl (C=O) groups excluding carboxylic acids is 1. The van der Waals surface area contributed by atoms with E-state index >= 15 is 0 Å². The van der Waals surface area contributed by atoms with Crippen molar-refractivity contribution in [1.82, 2.24) is 0 Å². The fraction of sp³-hybridized carbons (Fsp3) is 0.222. The van der Waals surface area contributed by atoms with E-state index in [-0.39, 0.29) is 5.78 Å². The standard InChI is InChI=1S/C9H7BrClIO/c1-5-7(9(13)4-10)2-6(11)3-8(5)12/h2-3H,4H2,1H3. The fourth-order valence-corrected chi connectivity index (χ4v) is 2.34. The van der Waals surface area contributed by atoms with Crippen molar-refractivity contribution in [3.63, 3.8) is 0 Å². The van der Waals surface area contributed by atoms with Gasteiger partial charge in [-0.3, -0.25) is 4.79 Å². The van der Waals surface area contributed by atoms with E-state index in [1.54, 1.807) is 6.07 Å². The first-order chi connectivity index (χ1) is 6.06. The van der Waals surface area contributed by atoms with Gasteiger partial charge >= 0.3 is 0 Å². The van der Waals surface area contributed by atoms with Crippen LogP contribution in [-0.4, -0.2) is 11.1 Å². The molecule has 0 bridgehead atoms. The van der Waals surface area contributed by atoms with Gasteiger partial charge in [0.1, 0.15) is 0 Å². The molecule has 0 atom stereocenters. The molecule has 0 unspecified atom stereocenters. The van der Waals surface area contributed by atoms with Gasteiger partial charge in [-0.25, -0.2) is 0 Å². The summed E-state index contributed by atoms with van der Waals surface area (Å²) in [5, 5.41) is 0.948. The van der Waals surface area contributed by atoms with E-state index in [0.29, 0.717) is 15.9 Å². The fourth-order valence-electron chi connectivity index (χ4n) is 1.01. The second kappa shape index (κ2) is 4.75. The Labute approximate surface area is 104 Å². The molecule has 0 heterocycles. The van der Waals surface area contributed by atoms with E-state index < -0.39 is 0 Å². The summed E-state index contributed by atoms with van der Waals surface area (Å²) in [4.78, 5) is 11.4. The molecule has 0 aliphatic heterocycles. The average Bonchev–Trinajstić information content (AvgIpc) is 2.10. The summed E-state index contributed by atoms with van der Waals surface area (Å²) in [5.41, 5.74) is 1.70. The number of halogens is 3. The molecule has 0 aromatic heterocycles. The highest BCUT2D eigenvalue weighted by atomic mass is 127. The Kier molecular flexibility index (Phi) is 4.19. The van der Waals surface area contributed by atoms with Gasteiger partial charge in [0.15, 0.2) is 5.78 Å². The Hall–Kier alpha value is 0.390. The van der Waals surface area contributed by atoms with E-state index in [0.717, 1.165) is 9.13 Å². The van der Waals surface area contributed by atoms with Crippen molar-refractivity contribution in [3.8, 4) is 0 Å². The molecule has 70 valence electrons. The Morgan fingerprint density at radius 2 is 2.23 bits per heavy atom. The minimum atomic E-state index is 0.0675. The molecule has 0 aliphatic rings. The number of Topliss-reactive ketones (excluding diaryl/α,β-unsaturated/α-hetero) is 1. The van der Waals surface area contributed by atoms with Crippen LogP contribution in [0, 0.1) is 10.5 Å². The second-order valence-corrected chi connectivity index (χ2v) is 4.78. The zero-order valence-electron chi connectivity index (χ0n) is 6.90. The predicted molar refractivity (Wildman–Crippen MR) is 67.0 cm³/mol. The van der Waals surface area contributed by atoms with Gasteiger partial charge in [0.2, 0.25) is 0 Å². The summed E-state index contributed by atoms with van der Waals surface area (Å²) in [6, 6.07) is 3.56. The first-order valence-electron chi connectivity index (χ1n) is 3.61. The quantitative estimate of drug-likeness (QED) is 0.437. The summed E-state index contributed by atoms with van der Waals surface area (Å²) in [5.74, 6) is 0.0675. The van der Waals surface area contributed by atoms with Crippen LogP contribution in [0.1, 0.15) is 15.9 Å². The lowest BCUT2D eigenvalue weighted by molar-refractivity contribution is 0.102. The molecule has 0 saturated carbocycles. The molecule has 1 nitrogen and oxygen atoms in total. The molecule has 0 spiro atoms. The molecule has 0 radical (unpaired) electrons. The van der Waals surface area contributed by atoms with Crippen molar-refractivity contribution >= 4 is 55.9 Å². The molecule has 0 saturated heterocycles. The van der Waals surface area contributed by atoms with Crippen LogP contribution in [-0.2, 0) is 0 Å². The van der Waals surface area contributed by atoms with E-state index in [1.807, 2.05) is 13.0 Å². The topological polar surface area (TPSA) is 17.1 Å². The number of rotatable bonds is 2. The summed E-state index contributed by atoms with van der Waals surface area (Å²) in [6.07, 6.45) is 0. The normalized spacial score (nSPS) is 10.2. The maximum Gasteiger partial charge on any atom is 0.173 e. The maximum absolute atomic E-state index is 11.4. The summed E-state index contributed by atoms with van der Waals surface area (Å²) >= 11 is 11.2. The van der Waals surface area contributed by atoms with Crippen molar-refractivity contribution in [2.75, 3.05) is 5.33 Å². The number of benzene rings is 1. The Bertz CT molecular complexity index is 352. The summed E-state index contributed by atoms with van der Waals surface area (Å²) in [7, 11) is 0. The molecule has 0 amide bonds. The lowest BCUT2D eigenvalue weighted by Gasteiger charge is -2.05. The highest BCUT2D eigenvalue weighted by molar-refractivity contribution is 14.1. The van der Waals surface area contributed by atoms with Crippen molar-refractivity contribution in [1.29, 1.82) is 0 Å². The van der Waals surface area contributed by atoms with E-state index in [1.165, 1.54) is 0 Å². The van der Waals surface area contributed by atoms with Crippen LogP contribution in [0.25, 0.3) is 0 Å². The predicted octanol–water partition coefficient (Wildman–Crippen LogP) is 3.83. The van der Waals surface area contributed by atoms with E-state index in [9.17, 15) is 4.79 Å². The van der Waals surface area contributed by atoms with Crippen molar-refractivity contribution in [2.45, 2.75) is 6.92 Å². The Balaban J connectivity index is 3.28. The third-order valence-corrected chi connectivity index (χ3v) is 3.58. The van der Waals surface area contributed by atoms with Gasteiger partial charge in [-0.2, -0.15) is 0 Å². The summed E-state index contributed by atoms with van der Waals surface area (Å²) in [6.45, 7) is 1.92. The molecule has 1 aromatic carbocycles. The highest BCUT2D eigenvalue weighted by Crippen LogP contribution is 2.22. The second-order valence-electron chi connectivity index (χ2n) is 2.62. The Morgan fingerprint density at radius 1 is 1.62 bits per heavy atom. The van der Waals surface area contributed by atoms with Crippen LogP contribution in [0.15, 0.2) is 12.1 Å². The average molecular weight is 373 g/mol. The number of hydrogen-bond acceptors (Lipinski definition) is 1. The van der Waals surface area contributed by atoms with Gasteiger partial charge in [-0.05, 0) is 47.2 Å². The van der Waals surface area contributed by atoms with Crippen molar-refractivity contribution < 1.29 is 4.79 Å². The van der Waals surface area contributed by atoms with Crippen LogP contribution in [0.4, 0.5) is 0 Å². The first kappa shape index (κ1) is 11.5. The number of ketones is 1. The molecule has 1 rings (SSSR count). The van der Waals surface area contributed by atoms with Gasteiger partial charge in [-0.1, -0.05) is 27.5 Å². The van der Waals surface area contributed by atoms with Gasteiger partial charge in [-0.15, -0.1) is 0 Å². The largest absolute Gasteiger partial charge is 0.293 e. The molecule has 0 aliphatic carbocycles. The van der Waals surface area contributed by atoms with Crippen molar-refractivity contribution in [2.24, 2.45) is 0 Å². The molecule has 4 heteroatoms. The van der Waals surface area contributed by atoms with Gasteiger partial charge in [0, 0.05) is 14.2 Å². The van der Waals surface area contributed by atoms with Crippen LogP contribution in [0.5, 0.6) is 0 Å². The summed E-state index contributed by atoms with van der Waals surface area (Å²) < 4.78 is 1.02. The third-order valence-electron chi connectivity index (χ3n) is 1.73. The number of hydrogen-bond donors (Lipinski definition) is 0. The minimum Gasteiger partial charge on any atom is -0.293 e. The SMILES string of the molecule is Cc1c(I)cc(Cl)cc1C(=O)CBr. The number of alkyl halides is 1. The number of carbonyl (C=O) groups is 1. The molecular formula is C9H7BrClIO. The van der Waals surface area contributed by atoms with Gasteiger partial charge in [0.05, 0.1) is 5.33 Å². The molecule has 0 fully saturated rings. The monoisotopic (exact) mass is 372 g/mol. The lowest BCUT2D eigenvalue weighted by atomic mass is 10.1. The maximum atomic E-state index is 11.4. The van der Waals surface area contributed by atoms with Crippen LogP contribution in [0.3, 0.4) is 0 Å². The van der Waals surface area contributed by atoms with Crippen LogP contribution in [0.2, 0.25) is 5.02 Å². The van der Waals surface area contributed by atoms with E-state index in [4.69, 9.17) is 11.6 Å². The minimum absolute atomic E-state index is 0.0675. The molecule has 13 heavy (non-hydrogen) atoms. The molecular weight excluding hydrogens is 366 g/mol. The molecule has 0 N–H and O–H groups in total. The van der Waals surface area contributed by atoms with Gasteiger partial charge in [0.25, 0.3) is 0 Å². The lowest BCUT2D eigenvalue weighted by Crippen LogP contribution is -2.03. The zero-order chi connectivity index (χ0) is 10.0. The van der Waals surface area contributed by atoms with Crippen LogP contribution < -0.4 is 0 Å². The van der Waals surface area contributed by atoms with Crippen LogP contribution >= 0.6 is 50.1 Å². The zero-order valence-corrected chi connectivity index (χ0v) is 11.4. The third kappa shape index (κ3) is 2.67. The highest BCUT2D eigenvalue weighted by Gasteiger charge is 2.10. The van der Waals surface area contributed by atoms with Gasteiger partial charge < -0.3 is 0 Å². The first-order valence-corrected chi connectivity index (χ1v) is 6.19. The smallest absolute Gasteiger partial charge is 0.173 e.